The average molecular weight is 387 g/mol. The van der Waals surface area contributed by atoms with Crippen LogP contribution in [0, 0.1) is 6.92 Å². The second kappa shape index (κ2) is 8.77. The van der Waals surface area contributed by atoms with Crippen molar-refractivity contribution >= 4 is 34.8 Å². The van der Waals surface area contributed by atoms with Gasteiger partial charge in [-0.2, -0.15) is 5.10 Å². The van der Waals surface area contributed by atoms with Crippen molar-refractivity contribution in [2.75, 3.05) is 18.6 Å². The number of aromatic nitrogens is 2. The maximum atomic E-state index is 6.36. The van der Waals surface area contributed by atoms with E-state index in [1.54, 1.807) is 12.3 Å². The molecule has 0 saturated carbocycles. The van der Waals surface area contributed by atoms with Crippen LogP contribution < -0.4 is 14.9 Å². The van der Waals surface area contributed by atoms with Gasteiger partial charge in [0, 0.05) is 0 Å². The molecule has 6 nitrogen and oxygen atoms in total. The number of fused-ring (bicyclic) bond motifs is 1. The number of anilines is 1. The quantitative estimate of drug-likeness (QED) is 0.414. The molecule has 1 aromatic heterocycles. The zero-order valence-corrected chi connectivity index (χ0v) is 16.4. The van der Waals surface area contributed by atoms with Gasteiger partial charge in [-0.25, -0.2) is 10.4 Å². The summed E-state index contributed by atoms with van der Waals surface area (Å²) in [7, 11) is 0. The molecule has 0 unspecified atom stereocenters. The van der Waals surface area contributed by atoms with Gasteiger partial charge in [-0.15, -0.1) is 0 Å². The molecule has 3 rings (SSSR count). The van der Waals surface area contributed by atoms with Crippen molar-refractivity contribution in [3.05, 3.63) is 46.5 Å². The predicted octanol–water partition coefficient (Wildman–Crippen LogP) is 5.16. The lowest BCUT2D eigenvalue weighted by Gasteiger charge is -2.13. The molecule has 0 aliphatic carbocycles. The van der Waals surface area contributed by atoms with Crippen molar-refractivity contribution in [1.82, 2.24) is 9.97 Å². The number of halogens is 1. The summed E-state index contributed by atoms with van der Waals surface area (Å²) in [6.07, 6.45) is 2.56. The zero-order valence-electron chi connectivity index (χ0n) is 15.7. The second-order valence-electron chi connectivity index (χ2n) is 6.09. The summed E-state index contributed by atoms with van der Waals surface area (Å²) in [5.74, 6) is 1.75. The number of aryl methyl sites for hydroxylation is 1. The summed E-state index contributed by atoms with van der Waals surface area (Å²) >= 11 is 6.36. The number of aromatic amines is 1. The largest absolute Gasteiger partial charge is 0.490 e. The highest BCUT2D eigenvalue weighted by Crippen LogP contribution is 2.36. The summed E-state index contributed by atoms with van der Waals surface area (Å²) in [4.78, 5) is 7.64. The van der Waals surface area contributed by atoms with E-state index in [4.69, 9.17) is 21.1 Å². The minimum atomic E-state index is 0.495. The van der Waals surface area contributed by atoms with Gasteiger partial charge in [0.15, 0.2) is 11.5 Å². The lowest BCUT2D eigenvalue weighted by atomic mass is 10.2. The van der Waals surface area contributed by atoms with Gasteiger partial charge in [0.1, 0.15) is 0 Å². The molecular weight excluding hydrogens is 364 g/mol. The summed E-state index contributed by atoms with van der Waals surface area (Å²) in [5, 5.41) is 4.74. The van der Waals surface area contributed by atoms with E-state index in [2.05, 4.69) is 20.5 Å². The van der Waals surface area contributed by atoms with Gasteiger partial charge >= 0.3 is 0 Å². The third-order valence-electron chi connectivity index (χ3n) is 3.80. The van der Waals surface area contributed by atoms with Crippen molar-refractivity contribution in [2.45, 2.75) is 27.2 Å². The average Bonchev–Trinajstić information content (AvgIpc) is 3.03. The number of hydrazone groups is 1. The van der Waals surface area contributed by atoms with Crippen LogP contribution in [0.25, 0.3) is 11.0 Å². The first-order chi connectivity index (χ1) is 13.1. The Morgan fingerprint density at radius 2 is 2.07 bits per heavy atom. The van der Waals surface area contributed by atoms with Crippen LogP contribution in [-0.2, 0) is 0 Å². The van der Waals surface area contributed by atoms with E-state index >= 15 is 0 Å². The van der Waals surface area contributed by atoms with E-state index in [9.17, 15) is 0 Å². The molecule has 2 N–H and O–H groups in total. The number of nitrogens with one attached hydrogen (secondary N) is 2. The molecule has 0 fully saturated rings. The first-order valence-electron chi connectivity index (χ1n) is 8.95. The van der Waals surface area contributed by atoms with E-state index in [1.165, 1.54) is 5.56 Å². The Morgan fingerprint density at radius 3 is 2.85 bits per heavy atom. The van der Waals surface area contributed by atoms with E-state index in [0.29, 0.717) is 35.7 Å². The number of hydrogen-bond acceptors (Lipinski definition) is 5. The van der Waals surface area contributed by atoms with Gasteiger partial charge in [0.25, 0.3) is 0 Å². The van der Waals surface area contributed by atoms with Crippen molar-refractivity contribution in [1.29, 1.82) is 0 Å². The number of benzene rings is 2. The fourth-order valence-corrected chi connectivity index (χ4v) is 2.89. The summed E-state index contributed by atoms with van der Waals surface area (Å²) in [6.45, 7) is 7.11. The Balaban J connectivity index is 1.76. The number of imidazole rings is 1. The van der Waals surface area contributed by atoms with E-state index in [-0.39, 0.29) is 0 Å². The van der Waals surface area contributed by atoms with Crippen LogP contribution in [0.4, 0.5) is 5.95 Å². The van der Waals surface area contributed by atoms with Gasteiger partial charge in [-0.1, -0.05) is 24.6 Å². The number of hydrogen-bond donors (Lipinski definition) is 2. The van der Waals surface area contributed by atoms with Crippen LogP contribution in [0.1, 0.15) is 31.4 Å². The maximum absolute atomic E-state index is 6.36. The predicted molar refractivity (Wildman–Crippen MR) is 110 cm³/mol. The molecule has 0 amide bonds. The molecule has 1 heterocycles. The molecule has 0 saturated heterocycles. The summed E-state index contributed by atoms with van der Waals surface area (Å²) < 4.78 is 11.4. The van der Waals surface area contributed by atoms with E-state index in [0.717, 1.165) is 23.0 Å². The Morgan fingerprint density at radius 1 is 1.22 bits per heavy atom. The highest BCUT2D eigenvalue weighted by molar-refractivity contribution is 6.32. The summed E-state index contributed by atoms with van der Waals surface area (Å²) in [5.41, 5.74) is 6.73. The van der Waals surface area contributed by atoms with Crippen LogP contribution in [0.2, 0.25) is 5.02 Å². The lowest BCUT2D eigenvalue weighted by Crippen LogP contribution is -2.02. The van der Waals surface area contributed by atoms with Gasteiger partial charge in [-0.05, 0) is 55.7 Å². The second-order valence-corrected chi connectivity index (χ2v) is 6.49. The SMILES string of the molecule is CCCOc1c(Cl)cc(/C=N\Nc2nc3ccc(C)cc3[nH]2)cc1OCC. The molecule has 3 aromatic rings. The zero-order chi connectivity index (χ0) is 19.2. The molecule has 27 heavy (non-hydrogen) atoms. The van der Waals surface area contributed by atoms with Crippen molar-refractivity contribution in [2.24, 2.45) is 5.10 Å². The Bertz CT molecular complexity index is 953. The first kappa shape index (κ1) is 19.0. The molecule has 0 aliphatic heterocycles. The Kier molecular flexibility index (Phi) is 6.19. The highest BCUT2D eigenvalue weighted by Gasteiger charge is 2.12. The van der Waals surface area contributed by atoms with Crippen molar-refractivity contribution in [3.63, 3.8) is 0 Å². The maximum Gasteiger partial charge on any atom is 0.222 e. The van der Waals surface area contributed by atoms with Crippen LogP contribution >= 0.6 is 11.6 Å². The van der Waals surface area contributed by atoms with Crippen molar-refractivity contribution < 1.29 is 9.47 Å². The smallest absolute Gasteiger partial charge is 0.222 e. The van der Waals surface area contributed by atoms with Crippen molar-refractivity contribution in [3.8, 4) is 11.5 Å². The number of ether oxygens (including phenoxy) is 2. The number of H-pyrrole nitrogens is 1. The van der Waals surface area contributed by atoms with Crippen LogP contribution in [0.5, 0.6) is 11.5 Å². The fourth-order valence-electron chi connectivity index (χ4n) is 2.61. The number of rotatable bonds is 8. The van der Waals surface area contributed by atoms with Crippen LogP contribution in [0.15, 0.2) is 35.4 Å². The minimum absolute atomic E-state index is 0.495. The first-order valence-corrected chi connectivity index (χ1v) is 9.33. The van der Waals surface area contributed by atoms with Gasteiger partial charge in [0.2, 0.25) is 5.95 Å². The standard InChI is InChI=1S/C20H23ClN4O2/c1-4-8-27-19-15(21)10-14(11-18(19)26-5-2)12-22-25-20-23-16-7-6-13(3)9-17(16)24-20/h6-7,9-12H,4-5,8H2,1-3H3,(H2,23,24,25)/b22-12-. The molecule has 0 radical (unpaired) electrons. The van der Waals surface area contributed by atoms with E-state index < -0.39 is 0 Å². The molecule has 7 heteroatoms. The minimum Gasteiger partial charge on any atom is -0.490 e. The fraction of sp³-hybridized carbons (Fsp3) is 0.300. The molecule has 142 valence electrons. The van der Waals surface area contributed by atoms with E-state index in [1.807, 2.05) is 45.0 Å². The van der Waals surface area contributed by atoms with Crippen LogP contribution in [-0.4, -0.2) is 29.4 Å². The molecular formula is C20H23ClN4O2. The molecule has 0 bridgehead atoms. The number of nitrogens with zero attached hydrogens (tertiary/aromatic N) is 2. The lowest BCUT2D eigenvalue weighted by molar-refractivity contribution is 0.277. The topological polar surface area (TPSA) is 71.5 Å². The van der Waals surface area contributed by atoms with Gasteiger partial charge < -0.3 is 14.5 Å². The molecule has 0 aliphatic rings. The van der Waals surface area contributed by atoms with Gasteiger partial charge in [-0.3, -0.25) is 0 Å². The Hall–Kier alpha value is -2.73. The summed E-state index contributed by atoms with van der Waals surface area (Å²) in [6, 6.07) is 9.69. The molecule has 2 aromatic carbocycles. The molecule has 0 spiro atoms. The normalized spacial score (nSPS) is 11.3. The molecule has 0 atom stereocenters. The highest BCUT2D eigenvalue weighted by atomic mass is 35.5. The Labute approximate surface area is 163 Å². The van der Waals surface area contributed by atoms with Gasteiger partial charge in [0.05, 0.1) is 35.5 Å². The monoisotopic (exact) mass is 386 g/mol. The van der Waals surface area contributed by atoms with Crippen LogP contribution in [0.3, 0.4) is 0 Å². The third kappa shape index (κ3) is 4.71. The third-order valence-corrected chi connectivity index (χ3v) is 4.08.